The second-order valence-electron chi connectivity index (χ2n) is 2.41. The summed E-state index contributed by atoms with van der Waals surface area (Å²) in [5.74, 6) is 1.53. The molecule has 4 heteroatoms. The van der Waals surface area contributed by atoms with Gasteiger partial charge in [-0.1, -0.05) is 0 Å². The van der Waals surface area contributed by atoms with Gasteiger partial charge in [0, 0.05) is 0 Å². The number of rotatable bonds is 3. The van der Waals surface area contributed by atoms with Gasteiger partial charge in [-0.2, -0.15) is 0 Å². The summed E-state index contributed by atoms with van der Waals surface area (Å²) in [5.41, 5.74) is 7.77. The van der Waals surface area contributed by atoms with Gasteiger partial charge in [0.2, 0.25) is 5.75 Å². The van der Waals surface area contributed by atoms with E-state index in [-0.39, 0.29) is 0 Å². The van der Waals surface area contributed by atoms with E-state index >= 15 is 0 Å². The lowest BCUT2D eigenvalue weighted by molar-refractivity contribution is 0.325. The molecule has 0 aliphatic rings. The summed E-state index contributed by atoms with van der Waals surface area (Å²) in [4.78, 5) is 0. The summed E-state index contributed by atoms with van der Waals surface area (Å²) in [5, 5.41) is 0. The van der Waals surface area contributed by atoms with Crippen molar-refractivity contribution in [1.82, 2.24) is 0 Å². The van der Waals surface area contributed by atoms with E-state index in [4.69, 9.17) is 19.9 Å². The van der Waals surface area contributed by atoms with Crippen LogP contribution in [0.5, 0.6) is 17.2 Å². The third-order valence-electron chi connectivity index (χ3n) is 1.66. The van der Waals surface area contributed by atoms with Crippen LogP contribution in [0.2, 0.25) is 0 Å². The maximum absolute atomic E-state index is 7.44. The van der Waals surface area contributed by atoms with Crippen molar-refractivity contribution in [3.63, 3.8) is 0 Å². The van der Waals surface area contributed by atoms with Crippen LogP contribution in [0.1, 0.15) is 0 Å². The predicted octanol–water partition coefficient (Wildman–Crippen LogP) is 2.40. The molecule has 0 unspecified atom stereocenters. The van der Waals surface area contributed by atoms with Crippen molar-refractivity contribution < 1.29 is 14.2 Å². The zero-order valence-corrected chi connectivity index (χ0v) is 7.88. The Morgan fingerprint density at radius 2 is 1.38 bits per heavy atom. The zero-order chi connectivity index (χ0) is 9.84. The molecule has 0 bridgehead atoms. The second-order valence-corrected chi connectivity index (χ2v) is 2.41. The molecule has 0 aliphatic carbocycles. The van der Waals surface area contributed by atoms with E-state index in [1.807, 2.05) is 0 Å². The molecular formula is C9H12NO3-. The zero-order valence-electron chi connectivity index (χ0n) is 7.88. The lowest BCUT2D eigenvalue weighted by Crippen LogP contribution is -1.93. The topological polar surface area (TPSA) is 51.5 Å². The van der Waals surface area contributed by atoms with Crippen LogP contribution in [0.25, 0.3) is 5.73 Å². The van der Waals surface area contributed by atoms with Crippen molar-refractivity contribution in [1.29, 1.82) is 0 Å². The van der Waals surface area contributed by atoms with Gasteiger partial charge in [0.25, 0.3) is 0 Å². The van der Waals surface area contributed by atoms with E-state index in [1.54, 1.807) is 12.1 Å². The maximum atomic E-state index is 7.44. The molecule has 1 aromatic carbocycles. The van der Waals surface area contributed by atoms with Gasteiger partial charge in [0.15, 0.2) is 11.5 Å². The Bertz CT molecular complexity index is 274. The third-order valence-corrected chi connectivity index (χ3v) is 1.66. The summed E-state index contributed by atoms with van der Waals surface area (Å²) >= 11 is 0. The Kier molecular flexibility index (Phi) is 2.84. The summed E-state index contributed by atoms with van der Waals surface area (Å²) in [7, 11) is 4.58. The Morgan fingerprint density at radius 3 is 1.69 bits per heavy atom. The van der Waals surface area contributed by atoms with Crippen LogP contribution >= 0.6 is 0 Å². The van der Waals surface area contributed by atoms with Crippen LogP contribution in [0.4, 0.5) is 5.69 Å². The fourth-order valence-electron chi connectivity index (χ4n) is 1.08. The number of nitrogens with one attached hydrogen (secondary N) is 1. The summed E-state index contributed by atoms with van der Waals surface area (Å²) in [6.07, 6.45) is 0. The smallest absolute Gasteiger partial charge is 0.203 e. The molecule has 13 heavy (non-hydrogen) atoms. The Morgan fingerprint density at radius 1 is 0.923 bits per heavy atom. The average Bonchev–Trinajstić information content (AvgIpc) is 2.16. The largest absolute Gasteiger partial charge is 0.699 e. The van der Waals surface area contributed by atoms with Gasteiger partial charge >= 0.3 is 0 Å². The normalized spacial score (nSPS) is 9.46. The number of ether oxygens (including phenoxy) is 3. The number of methoxy groups -OCH3 is 3. The molecule has 0 fully saturated rings. The van der Waals surface area contributed by atoms with E-state index in [1.165, 1.54) is 21.3 Å². The molecule has 0 saturated carbocycles. The molecule has 0 spiro atoms. The standard InChI is InChI=1S/C9H12NO3/c1-11-7-4-6(10)5-8(12-2)9(7)13-3/h4-5,10H,1-3H3/q-1. The molecule has 0 radical (unpaired) electrons. The Balaban J connectivity index is 3.25. The highest BCUT2D eigenvalue weighted by Gasteiger charge is 2.09. The Labute approximate surface area is 77.2 Å². The fraction of sp³-hybridized carbons (Fsp3) is 0.333. The van der Waals surface area contributed by atoms with Gasteiger partial charge in [0.1, 0.15) is 0 Å². The fourth-order valence-corrected chi connectivity index (χ4v) is 1.08. The molecule has 0 heterocycles. The molecule has 0 atom stereocenters. The first-order valence-corrected chi connectivity index (χ1v) is 3.74. The lowest BCUT2D eigenvalue weighted by atomic mass is 10.2. The molecule has 0 aromatic heterocycles. The van der Waals surface area contributed by atoms with Gasteiger partial charge in [-0.25, -0.2) is 0 Å². The van der Waals surface area contributed by atoms with Crippen molar-refractivity contribution in [3.8, 4) is 17.2 Å². The van der Waals surface area contributed by atoms with E-state index in [9.17, 15) is 0 Å². The minimum atomic E-state index is 0.328. The molecule has 72 valence electrons. The van der Waals surface area contributed by atoms with Gasteiger partial charge in [-0.3, -0.25) is 0 Å². The first-order valence-electron chi connectivity index (χ1n) is 3.74. The van der Waals surface area contributed by atoms with Crippen LogP contribution < -0.4 is 14.2 Å². The highest BCUT2D eigenvalue weighted by atomic mass is 16.5. The molecule has 4 nitrogen and oxygen atoms in total. The molecule has 0 saturated heterocycles. The number of benzene rings is 1. The van der Waals surface area contributed by atoms with Gasteiger partial charge in [-0.05, 0) is 12.1 Å². The number of hydrogen-bond donors (Lipinski definition) is 0. The van der Waals surface area contributed by atoms with Crippen LogP contribution in [0.3, 0.4) is 0 Å². The second kappa shape index (κ2) is 3.89. The average molecular weight is 182 g/mol. The molecule has 1 rings (SSSR count). The quantitative estimate of drug-likeness (QED) is 0.721. The first-order chi connectivity index (χ1) is 6.22. The monoisotopic (exact) mass is 182 g/mol. The van der Waals surface area contributed by atoms with Gasteiger partial charge in [-0.15, -0.1) is 5.69 Å². The van der Waals surface area contributed by atoms with Crippen molar-refractivity contribution in [3.05, 3.63) is 17.9 Å². The van der Waals surface area contributed by atoms with Crippen LogP contribution in [-0.4, -0.2) is 21.3 Å². The van der Waals surface area contributed by atoms with Gasteiger partial charge < -0.3 is 19.9 Å². The van der Waals surface area contributed by atoms with E-state index < -0.39 is 0 Å². The minimum Gasteiger partial charge on any atom is -0.699 e. The summed E-state index contributed by atoms with van der Waals surface area (Å²) in [6.45, 7) is 0. The predicted molar refractivity (Wildman–Crippen MR) is 50.1 cm³/mol. The molecule has 0 amide bonds. The van der Waals surface area contributed by atoms with E-state index in [2.05, 4.69) is 0 Å². The molecule has 0 aliphatic heterocycles. The third kappa shape index (κ3) is 1.77. The molecular weight excluding hydrogens is 170 g/mol. The van der Waals surface area contributed by atoms with Crippen LogP contribution in [0, 0.1) is 0 Å². The highest BCUT2D eigenvalue weighted by Crippen LogP contribution is 2.40. The SMILES string of the molecule is COc1cc([NH-])cc(OC)c1OC. The minimum absolute atomic E-state index is 0.328. The van der Waals surface area contributed by atoms with E-state index in [0.29, 0.717) is 22.9 Å². The highest BCUT2D eigenvalue weighted by molar-refractivity contribution is 5.62. The van der Waals surface area contributed by atoms with Crippen LogP contribution in [0.15, 0.2) is 12.1 Å². The van der Waals surface area contributed by atoms with Crippen LogP contribution in [-0.2, 0) is 0 Å². The van der Waals surface area contributed by atoms with Crippen molar-refractivity contribution in [2.75, 3.05) is 21.3 Å². The Hall–Kier alpha value is -1.58. The maximum Gasteiger partial charge on any atom is 0.203 e. The van der Waals surface area contributed by atoms with Crippen molar-refractivity contribution in [2.45, 2.75) is 0 Å². The molecule has 1 N–H and O–H groups in total. The summed E-state index contributed by atoms with van der Waals surface area (Å²) in [6, 6.07) is 3.14. The molecule has 1 aromatic rings. The van der Waals surface area contributed by atoms with Crippen molar-refractivity contribution in [2.24, 2.45) is 0 Å². The lowest BCUT2D eigenvalue weighted by Gasteiger charge is -2.15. The van der Waals surface area contributed by atoms with Gasteiger partial charge in [0.05, 0.1) is 21.3 Å². The number of hydrogen-bond acceptors (Lipinski definition) is 3. The van der Waals surface area contributed by atoms with Crippen molar-refractivity contribution >= 4 is 5.69 Å². The first kappa shape index (κ1) is 9.51. The van der Waals surface area contributed by atoms with E-state index in [0.717, 1.165) is 0 Å². The summed E-state index contributed by atoms with van der Waals surface area (Å²) < 4.78 is 15.1.